The van der Waals surface area contributed by atoms with Gasteiger partial charge in [-0.05, 0) is 57.0 Å². The van der Waals surface area contributed by atoms with Gasteiger partial charge in [0.2, 0.25) is 0 Å². The van der Waals surface area contributed by atoms with Crippen LogP contribution in [0.25, 0.3) is 10.9 Å². The first-order valence-electron chi connectivity index (χ1n) is 15.4. The molecule has 1 amide bonds. The quantitative estimate of drug-likeness (QED) is 0.213. The predicted octanol–water partition coefficient (Wildman–Crippen LogP) is 6.07. The Balaban J connectivity index is 1.36. The summed E-state index contributed by atoms with van der Waals surface area (Å²) in [7, 11) is 0. The van der Waals surface area contributed by atoms with E-state index in [1.807, 2.05) is 48.5 Å². The van der Waals surface area contributed by atoms with Crippen molar-refractivity contribution in [3.63, 3.8) is 0 Å². The molecule has 0 radical (unpaired) electrons. The Morgan fingerprint density at radius 3 is 2.32 bits per heavy atom. The van der Waals surface area contributed by atoms with E-state index in [1.54, 1.807) is 0 Å². The van der Waals surface area contributed by atoms with E-state index in [4.69, 9.17) is 9.57 Å². The van der Waals surface area contributed by atoms with E-state index in [9.17, 15) is 31.1 Å². The molecule has 14 heteroatoms. The number of aromatic nitrogens is 1. The first-order valence-corrected chi connectivity index (χ1v) is 15.4. The van der Waals surface area contributed by atoms with Gasteiger partial charge in [0.1, 0.15) is 0 Å². The molecular formula is C33H39F6N5O3. The molecule has 5 rings (SSSR count). The smallest absolute Gasteiger partial charge is 0.379 e. The van der Waals surface area contributed by atoms with Crippen LogP contribution in [0.5, 0.6) is 0 Å². The van der Waals surface area contributed by atoms with Gasteiger partial charge in [-0.25, -0.2) is 0 Å². The summed E-state index contributed by atoms with van der Waals surface area (Å²) in [5.41, 5.74) is 1.47. The third-order valence-electron chi connectivity index (χ3n) is 8.64. The fraction of sp³-hybridized carbons (Fsp3) is 0.485. The summed E-state index contributed by atoms with van der Waals surface area (Å²) in [6, 6.07) is 8.01. The van der Waals surface area contributed by atoms with E-state index in [0.29, 0.717) is 50.6 Å². The number of morpholine rings is 1. The Morgan fingerprint density at radius 2 is 1.66 bits per heavy atom. The maximum Gasteiger partial charge on any atom is 0.416 e. The zero-order valence-electron chi connectivity index (χ0n) is 26.5. The molecule has 0 aliphatic carbocycles. The van der Waals surface area contributed by atoms with Gasteiger partial charge in [0, 0.05) is 67.1 Å². The van der Waals surface area contributed by atoms with Gasteiger partial charge < -0.3 is 19.5 Å². The number of ether oxygens (including phenoxy) is 1. The molecule has 2 fully saturated rings. The number of hydrogen-bond donors (Lipinski definition) is 2. The molecule has 0 saturated carbocycles. The van der Waals surface area contributed by atoms with Gasteiger partial charge in [-0.15, -0.1) is 0 Å². The minimum atomic E-state index is -5.06. The highest BCUT2D eigenvalue weighted by Gasteiger charge is 2.39. The molecule has 2 aromatic carbocycles. The standard InChI is InChI=1S/C33H39F6N5O3/c1-22(41-47-21-31(2,3)43-10-12-46-13-11-43)19-42-8-9-44(27(20-42)16-24-18-40-29-7-5-4-6-28(24)29)30(45)23-14-25(32(34,35)36)17-26(15-23)33(37,38)39/h4-7,14-15,17-19,27,40-41H,8-13,16,20-21H2,1-3H3/t27-/m1/s1. The summed E-state index contributed by atoms with van der Waals surface area (Å²) in [5.74, 6) is -0.890. The van der Waals surface area contributed by atoms with E-state index in [-0.39, 0.29) is 24.7 Å². The third kappa shape index (κ3) is 8.40. The molecule has 8 nitrogen and oxygen atoms in total. The summed E-state index contributed by atoms with van der Waals surface area (Å²) in [4.78, 5) is 28.4. The molecule has 0 spiro atoms. The summed E-state index contributed by atoms with van der Waals surface area (Å²) in [6.45, 7) is 10.0. The number of allylic oxidation sites excluding steroid dienone is 1. The highest BCUT2D eigenvalue weighted by Crippen LogP contribution is 2.37. The van der Waals surface area contributed by atoms with Crippen LogP contribution in [-0.4, -0.2) is 89.7 Å². The highest BCUT2D eigenvalue weighted by atomic mass is 19.4. The lowest BCUT2D eigenvalue weighted by Gasteiger charge is -2.42. The number of nitrogens with one attached hydrogen (secondary N) is 2. The Bertz CT molecular complexity index is 1550. The van der Waals surface area contributed by atoms with Gasteiger partial charge in [0.05, 0.1) is 42.7 Å². The van der Waals surface area contributed by atoms with Gasteiger partial charge in [0.25, 0.3) is 5.91 Å². The van der Waals surface area contributed by atoms with Crippen molar-refractivity contribution in [2.24, 2.45) is 0 Å². The fourth-order valence-electron chi connectivity index (χ4n) is 6.12. The Morgan fingerprint density at radius 1 is 1.00 bits per heavy atom. The van der Waals surface area contributed by atoms with Crippen molar-refractivity contribution in [1.29, 1.82) is 0 Å². The zero-order valence-corrected chi connectivity index (χ0v) is 26.5. The van der Waals surface area contributed by atoms with Crippen molar-refractivity contribution in [2.75, 3.05) is 52.5 Å². The molecule has 1 aromatic heterocycles. The largest absolute Gasteiger partial charge is 0.416 e. The number of aromatic amines is 1. The van der Waals surface area contributed by atoms with Crippen LogP contribution in [0.1, 0.15) is 47.8 Å². The Labute approximate surface area is 269 Å². The molecule has 2 aliphatic rings. The van der Waals surface area contributed by atoms with Gasteiger partial charge in [-0.3, -0.25) is 20.0 Å². The number of hydrogen-bond acceptors (Lipinski definition) is 6. The SMILES string of the molecule is CC(=CN1CCN(C(=O)c2cc(C(F)(F)F)cc(C(F)(F)F)c2)[C@H](Cc2c[nH]c3ccccc23)C1)NOCC(C)(C)N1CCOCC1. The molecule has 2 aliphatic heterocycles. The summed E-state index contributed by atoms with van der Waals surface area (Å²) < 4.78 is 87.1. The fourth-order valence-corrected chi connectivity index (χ4v) is 6.12. The molecular weight excluding hydrogens is 628 g/mol. The molecule has 256 valence electrons. The molecule has 0 unspecified atom stereocenters. The number of hydroxylamine groups is 1. The van der Waals surface area contributed by atoms with Crippen molar-refractivity contribution in [3.8, 4) is 0 Å². The number of alkyl halides is 6. The van der Waals surface area contributed by atoms with E-state index in [2.05, 4.69) is 29.2 Å². The highest BCUT2D eigenvalue weighted by molar-refractivity contribution is 5.95. The molecule has 3 aromatic rings. The number of carbonyl (C=O) groups excluding carboxylic acids is 1. The number of piperazine rings is 1. The summed E-state index contributed by atoms with van der Waals surface area (Å²) >= 11 is 0. The van der Waals surface area contributed by atoms with E-state index >= 15 is 0 Å². The lowest BCUT2D eigenvalue weighted by molar-refractivity contribution is -0.143. The number of carbonyl (C=O) groups is 1. The minimum absolute atomic E-state index is 0.0306. The average molecular weight is 668 g/mol. The van der Waals surface area contributed by atoms with Crippen molar-refractivity contribution in [2.45, 2.75) is 51.1 Å². The number of halogens is 6. The predicted molar refractivity (Wildman–Crippen MR) is 164 cm³/mol. The average Bonchev–Trinajstić information content (AvgIpc) is 3.43. The van der Waals surface area contributed by atoms with E-state index in [1.165, 1.54) is 4.90 Å². The van der Waals surface area contributed by atoms with Crippen molar-refractivity contribution < 1.29 is 40.7 Å². The molecule has 2 N–H and O–H groups in total. The van der Waals surface area contributed by atoms with E-state index in [0.717, 1.165) is 29.6 Å². The molecule has 3 heterocycles. The summed E-state index contributed by atoms with van der Waals surface area (Å²) in [5, 5.41) is 0.917. The third-order valence-corrected chi connectivity index (χ3v) is 8.64. The molecule has 1 atom stereocenters. The zero-order chi connectivity index (χ0) is 34.0. The maximum absolute atomic E-state index is 13.8. The number of fused-ring (bicyclic) bond motifs is 1. The van der Waals surface area contributed by atoms with Crippen LogP contribution in [0, 0.1) is 0 Å². The Kier molecular flexibility index (Phi) is 10.1. The van der Waals surface area contributed by atoms with Gasteiger partial charge >= 0.3 is 12.4 Å². The second-order valence-corrected chi connectivity index (χ2v) is 12.6. The number of amides is 1. The first kappa shape index (κ1) is 34.6. The Hall–Kier alpha value is -3.75. The van der Waals surface area contributed by atoms with Crippen molar-refractivity contribution in [3.05, 3.63) is 82.8 Å². The van der Waals surface area contributed by atoms with Crippen LogP contribution in [0.2, 0.25) is 0 Å². The lowest BCUT2D eigenvalue weighted by Crippen LogP contribution is -2.55. The number of H-pyrrole nitrogens is 1. The monoisotopic (exact) mass is 667 g/mol. The van der Waals surface area contributed by atoms with Crippen LogP contribution in [-0.2, 0) is 28.3 Å². The lowest BCUT2D eigenvalue weighted by atomic mass is 9.99. The maximum atomic E-state index is 13.8. The molecule has 2 saturated heterocycles. The second kappa shape index (κ2) is 13.8. The van der Waals surface area contributed by atoms with E-state index < -0.39 is 41.0 Å². The normalized spacial score (nSPS) is 19.0. The van der Waals surface area contributed by atoms with Crippen LogP contribution >= 0.6 is 0 Å². The number of nitrogens with zero attached hydrogens (tertiary/aromatic N) is 3. The van der Waals surface area contributed by atoms with Gasteiger partial charge in [0.15, 0.2) is 0 Å². The molecule has 0 bridgehead atoms. The van der Waals surface area contributed by atoms with Crippen LogP contribution < -0.4 is 5.48 Å². The molecule has 47 heavy (non-hydrogen) atoms. The van der Waals surface area contributed by atoms with Crippen LogP contribution in [0.4, 0.5) is 26.3 Å². The topological polar surface area (TPSA) is 73.1 Å². The minimum Gasteiger partial charge on any atom is -0.379 e. The number of rotatable bonds is 9. The van der Waals surface area contributed by atoms with Crippen LogP contribution in [0.15, 0.2) is 60.6 Å². The van der Waals surface area contributed by atoms with Crippen molar-refractivity contribution >= 4 is 16.8 Å². The number of para-hydroxylation sites is 1. The van der Waals surface area contributed by atoms with Crippen LogP contribution in [0.3, 0.4) is 0 Å². The summed E-state index contributed by atoms with van der Waals surface area (Å²) in [6.07, 6.45) is -6.15. The number of benzene rings is 2. The van der Waals surface area contributed by atoms with Crippen molar-refractivity contribution in [1.82, 2.24) is 25.2 Å². The van der Waals surface area contributed by atoms with Gasteiger partial charge in [-0.1, -0.05) is 18.2 Å². The van der Waals surface area contributed by atoms with Gasteiger partial charge in [-0.2, -0.15) is 26.3 Å². The first-order chi connectivity index (χ1) is 22.1. The second-order valence-electron chi connectivity index (χ2n) is 12.6.